The van der Waals surface area contributed by atoms with Crippen LogP contribution >= 0.6 is 0 Å². The van der Waals surface area contributed by atoms with Gasteiger partial charge in [-0.05, 0) is 25.0 Å². The van der Waals surface area contributed by atoms with E-state index in [4.69, 9.17) is 4.42 Å². The van der Waals surface area contributed by atoms with Gasteiger partial charge in [0.15, 0.2) is 15.4 Å². The van der Waals surface area contributed by atoms with Gasteiger partial charge >= 0.3 is 5.76 Å². The molecule has 0 spiro atoms. The van der Waals surface area contributed by atoms with Crippen LogP contribution in [0.3, 0.4) is 0 Å². The maximum atomic E-state index is 12.5. The summed E-state index contributed by atoms with van der Waals surface area (Å²) in [5.41, 5.74) is 0.761. The summed E-state index contributed by atoms with van der Waals surface area (Å²) in [6.45, 7) is 1.42. The second-order valence-corrected chi connectivity index (χ2v) is 8.53. The van der Waals surface area contributed by atoms with Crippen LogP contribution in [0.2, 0.25) is 0 Å². The van der Waals surface area contributed by atoms with Gasteiger partial charge in [-0.1, -0.05) is 12.8 Å². The van der Waals surface area contributed by atoms with E-state index in [0.29, 0.717) is 18.6 Å². The predicted molar refractivity (Wildman–Crippen MR) is 93.2 cm³/mol. The first-order valence-corrected chi connectivity index (χ1v) is 10.1. The van der Waals surface area contributed by atoms with Crippen molar-refractivity contribution in [2.45, 2.75) is 37.0 Å². The SMILES string of the molecule is Cn1c(=O)oc2cc(S(=O)(=O)CCC(=O)N3CCCCCC3)ccc21. The van der Waals surface area contributed by atoms with Crippen molar-refractivity contribution in [1.29, 1.82) is 0 Å². The van der Waals surface area contributed by atoms with Gasteiger partial charge < -0.3 is 9.32 Å². The maximum absolute atomic E-state index is 12.5. The zero-order valence-corrected chi connectivity index (χ0v) is 15.0. The number of hydrogen-bond acceptors (Lipinski definition) is 5. The highest BCUT2D eigenvalue weighted by Gasteiger charge is 2.21. The van der Waals surface area contributed by atoms with Gasteiger partial charge in [-0.2, -0.15) is 0 Å². The highest BCUT2D eigenvalue weighted by Crippen LogP contribution is 2.20. The number of amides is 1. The molecule has 0 unspecified atom stereocenters. The van der Waals surface area contributed by atoms with Crippen molar-refractivity contribution in [3.8, 4) is 0 Å². The van der Waals surface area contributed by atoms with Crippen LogP contribution in [0.4, 0.5) is 0 Å². The Labute approximate surface area is 146 Å². The molecule has 1 aromatic heterocycles. The monoisotopic (exact) mass is 366 g/mol. The molecule has 8 heteroatoms. The summed E-state index contributed by atoms with van der Waals surface area (Å²) in [6, 6.07) is 4.34. The molecule has 1 aromatic carbocycles. The normalized spacial score (nSPS) is 16.1. The predicted octanol–water partition coefficient (Wildman–Crippen LogP) is 1.70. The Morgan fingerprint density at radius 3 is 2.52 bits per heavy atom. The van der Waals surface area contributed by atoms with E-state index >= 15 is 0 Å². The summed E-state index contributed by atoms with van der Waals surface area (Å²) in [6.07, 6.45) is 4.15. The summed E-state index contributed by atoms with van der Waals surface area (Å²) in [4.78, 5) is 25.6. The first-order chi connectivity index (χ1) is 11.9. The van der Waals surface area contributed by atoms with Crippen molar-refractivity contribution in [2.75, 3.05) is 18.8 Å². The lowest BCUT2D eigenvalue weighted by atomic mass is 10.2. The Morgan fingerprint density at radius 1 is 1.16 bits per heavy atom. The number of fused-ring (bicyclic) bond motifs is 1. The molecule has 0 atom stereocenters. The lowest BCUT2D eigenvalue weighted by Gasteiger charge is -2.20. The topological polar surface area (TPSA) is 89.6 Å². The van der Waals surface area contributed by atoms with E-state index in [9.17, 15) is 18.0 Å². The molecule has 0 aliphatic carbocycles. The summed E-state index contributed by atoms with van der Waals surface area (Å²) in [5.74, 6) is -0.899. The molecule has 2 aromatic rings. The number of carbonyl (C=O) groups excluding carboxylic acids is 1. The Kier molecular flexibility index (Phi) is 4.99. The molecule has 3 rings (SSSR count). The van der Waals surface area contributed by atoms with E-state index in [1.54, 1.807) is 18.0 Å². The Bertz CT molecular complexity index is 934. The van der Waals surface area contributed by atoms with Crippen LogP contribution in [-0.2, 0) is 21.7 Å². The third-order valence-electron chi connectivity index (χ3n) is 4.67. The molecule has 0 saturated carbocycles. The standard InChI is InChI=1S/C17H22N2O5S/c1-18-14-7-6-13(12-15(14)24-17(18)21)25(22,23)11-8-16(20)19-9-4-2-3-5-10-19/h6-7,12H,2-5,8-11H2,1H3. The van der Waals surface area contributed by atoms with Crippen LogP contribution < -0.4 is 5.76 Å². The summed E-state index contributed by atoms with van der Waals surface area (Å²) >= 11 is 0. The maximum Gasteiger partial charge on any atom is 0.419 e. The first kappa shape index (κ1) is 17.7. The fraction of sp³-hybridized carbons (Fsp3) is 0.529. The number of carbonyl (C=O) groups is 1. The number of hydrogen-bond donors (Lipinski definition) is 0. The highest BCUT2D eigenvalue weighted by atomic mass is 32.2. The van der Waals surface area contributed by atoms with E-state index in [-0.39, 0.29) is 28.6 Å². The minimum absolute atomic E-state index is 0.0287. The quantitative estimate of drug-likeness (QED) is 0.821. The second-order valence-electron chi connectivity index (χ2n) is 6.42. The third kappa shape index (κ3) is 3.78. The van der Waals surface area contributed by atoms with Crippen molar-refractivity contribution in [1.82, 2.24) is 9.47 Å². The molecular weight excluding hydrogens is 344 g/mol. The number of oxazole rings is 1. The van der Waals surface area contributed by atoms with Crippen molar-refractivity contribution in [3.63, 3.8) is 0 Å². The number of likely N-dealkylation sites (tertiary alicyclic amines) is 1. The van der Waals surface area contributed by atoms with Gasteiger partial charge in [0.05, 0.1) is 16.2 Å². The van der Waals surface area contributed by atoms with Gasteiger partial charge in [-0.25, -0.2) is 13.2 Å². The molecule has 1 aliphatic heterocycles. The van der Waals surface area contributed by atoms with Gasteiger partial charge in [-0.3, -0.25) is 9.36 Å². The first-order valence-electron chi connectivity index (χ1n) is 8.48. The van der Waals surface area contributed by atoms with E-state index in [1.165, 1.54) is 16.7 Å². The zero-order chi connectivity index (χ0) is 18.0. The average Bonchev–Trinajstić information content (AvgIpc) is 2.78. The van der Waals surface area contributed by atoms with Crippen LogP contribution in [0.1, 0.15) is 32.1 Å². The Balaban J connectivity index is 1.73. The number of benzene rings is 1. The molecule has 7 nitrogen and oxygen atoms in total. The van der Waals surface area contributed by atoms with Gasteiger partial charge in [0.25, 0.3) is 0 Å². The van der Waals surface area contributed by atoms with Crippen LogP contribution in [0.5, 0.6) is 0 Å². The average molecular weight is 366 g/mol. The molecule has 0 N–H and O–H groups in total. The molecule has 1 fully saturated rings. The molecule has 0 radical (unpaired) electrons. The zero-order valence-electron chi connectivity index (χ0n) is 14.2. The van der Waals surface area contributed by atoms with Crippen LogP contribution in [0.15, 0.2) is 32.3 Å². The lowest BCUT2D eigenvalue weighted by molar-refractivity contribution is -0.130. The number of nitrogens with zero attached hydrogens (tertiary/aromatic N) is 2. The molecule has 1 amide bonds. The van der Waals surface area contributed by atoms with Crippen LogP contribution in [-0.4, -0.2) is 42.6 Å². The van der Waals surface area contributed by atoms with E-state index in [0.717, 1.165) is 25.7 Å². The highest BCUT2D eigenvalue weighted by molar-refractivity contribution is 7.91. The fourth-order valence-electron chi connectivity index (χ4n) is 3.13. The molecule has 1 saturated heterocycles. The molecule has 25 heavy (non-hydrogen) atoms. The number of rotatable bonds is 4. The minimum Gasteiger partial charge on any atom is -0.408 e. The van der Waals surface area contributed by atoms with E-state index < -0.39 is 15.6 Å². The molecule has 0 bridgehead atoms. The van der Waals surface area contributed by atoms with Crippen molar-refractivity contribution >= 4 is 26.8 Å². The minimum atomic E-state index is -3.62. The largest absolute Gasteiger partial charge is 0.419 e. The third-order valence-corrected chi connectivity index (χ3v) is 6.38. The second kappa shape index (κ2) is 7.03. The lowest BCUT2D eigenvalue weighted by Crippen LogP contribution is -2.33. The van der Waals surface area contributed by atoms with E-state index in [1.807, 2.05) is 0 Å². The molecule has 2 heterocycles. The van der Waals surface area contributed by atoms with Crippen molar-refractivity contribution in [3.05, 3.63) is 28.7 Å². The Morgan fingerprint density at radius 2 is 1.84 bits per heavy atom. The van der Waals surface area contributed by atoms with Crippen LogP contribution in [0, 0.1) is 0 Å². The van der Waals surface area contributed by atoms with Crippen LogP contribution in [0.25, 0.3) is 11.1 Å². The summed E-state index contributed by atoms with van der Waals surface area (Å²) in [5, 5.41) is 0. The Hall–Kier alpha value is -2.09. The number of aryl methyl sites for hydroxylation is 1. The van der Waals surface area contributed by atoms with Gasteiger partial charge in [0, 0.05) is 32.6 Å². The number of aromatic nitrogens is 1. The summed E-state index contributed by atoms with van der Waals surface area (Å²) < 4.78 is 31.4. The van der Waals surface area contributed by atoms with Gasteiger partial charge in [-0.15, -0.1) is 0 Å². The number of sulfone groups is 1. The molecule has 136 valence electrons. The van der Waals surface area contributed by atoms with Crippen molar-refractivity contribution < 1.29 is 17.6 Å². The van der Waals surface area contributed by atoms with Gasteiger partial charge in [0.2, 0.25) is 5.91 Å². The smallest absolute Gasteiger partial charge is 0.408 e. The molecular formula is C17H22N2O5S. The fourth-order valence-corrected chi connectivity index (χ4v) is 4.37. The summed E-state index contributed by atoms with van der Waals surface area (Å²) in [7, 11) is -2.06. The van der Waals surface area contributed by atoms with Crippen molar-refractivity contribution in [2.24, 2.45) is 7.05 Å². The van der Waals surface area contributed by atoms with Gasteiger partial charge in [0.1, 0.15) is 0 Å². The molecule has 1 aliphatic rings. The van der Waals surface area contributed by atoms with E-state index in [2.05, 4.69) is 0 Å².